The molecule has 1 atom stereocenters. The number of amides is 1. The van der Waals surface area contributed by atoms with Crippen molar-refractivity contribution in [2.45, 2.75) is 27.2 Å². The summed E-state index contributed by atoms with van der Waals surface area (Å²) in [6.07, 6.45) is 0.465. The number of pyridine rings is 1. The van der Waals surface area contributed by atoms with Crippen molar-refractivity contribution in [1.29, 1.82) is 0 Å². The van der Waals surface area contributed by atoms with Crippen LogP contribution in [-0.4, -0.2) is 28.5 Å². The first kappa shape index (κ1) is 14.9. The lowest BCUT2D eigenvalue weighted by Crippen LogP contribution is -2.35. The Morgan fingerprint density at radius 3 is 2.58 bits per heavy atom. The summed E-state index contributed by atoms with van der Waals surface area (Å²) in [7, 11) is 0. The number of carboxylic acid groups (broad SMARTS) is 1. The first-order chi connectivity index (χ1) is 8.80. The van der Waals surface area contributed by atoms with Crippen LogP contribution in [0.5, 0.6) is 0 Å². The molecular weight excluding hydrogens is 246 g/mol. The maximum atomic E-state index is 11.3. The number of aromatic nitrogens is 1. The third-order valence-electron chi connectivity index (χ3n) is 3.24. The molecule has 0 aliphatic rings. The van der Waals surface area contributed by atoms with Crippen LogP contribution in [0.2, 0.25) is 0 Å². The zero-order valence-corrected chi connectivity index (χ0v) is 11.4. The maximum absolute atomic E-state index is 11.3. The Balaban J connectivity index is 2.97. The second-order valence-corrected chi connectivity index (χ2v) is 4.79. The molecule has 0 fully saturated rings. The number of carbonyl (C=O) groups excluding carboxylic acids is 1. The number of hydrogen-bond donors (Lipinski definition) is 3. The molecule has 0 aromatic carbocycles. The highest BCUT2D eigenvalue weighted by atomic mass is 16.4. The lowest BCUT2D eigenvalue weighted by Gasteiger charge is -2.24. The standard InChI is InChI=1S/C13H19N3O3/c1-4-13(3,12(18)19)7-15-11-9(10(14)17)6-5-8(2)16-11/h5-6H,4,7H2,1-3H3,(H2,14,17)(H,15,16)(H,18,19). The number of carbonyl (C=O) groups is 2. The number of carboxylic acids is 1. The van der Waals surface area contributed by atoms with Crippen molar-refractivity contribution in [2.75, 3.05) is 11.9 Å². The van der Waals surface area contributed by atoms with Gasteiger partial charge in [0.15, 0.2) is 0 Å². The number of anilines is 1. The van der Waals surface area contributed by atoms with Gasteiger partial charge < -0.3 is 16.2 Å². The Hall–Kier alpha value is -2.11. The van der Waals surface area contributed by atoms with Crippen LogP contribution in [0.25, 0.3) is 0 Å². The van der Waals surface area contributed by atoms with Crippen LogP contribution in [-0.2, 0) is 4.79 Å². The van der Waals surface area contributed by atoms with Gasteiger partial charge in [0.05, 0.1) is 11.0 Å². The molecule has 1 amide bonds. The fourth-order valence-electron chi connectivity index (χ4n) is 1.52. The largest absolute Gasteiger partial charge is 0.481 e. The van der Waals surface area contributed by atoms with Crippen LogP contribution in [0.1, 0.15) is 36.3 Å². The predicted octanol–water partition coefficient (Wildman–Crippen LogP) is 1.40. The molecule has 0 aliphatic heterocycles. The van der Waals surface area contributed by atoms with E-state index in [1.807, 2.05) is 0 Å². The Morgan fingerprint density at radius 2 is 2.11 bits per heavy atom. The van der Waals surface area contributed by atoms with Crippen molar-refractivity contribution in [3.05, 3.63) is 23.4 Å². The number of aliphatic carboxylic acids is 1. The van der Waals surface area contributed by atoms with E-state index in [-0.39, 0.29) is 12.1 Å². The summed E-state index contributed by atoms with van der Waals surface area (Å²) < 4.78 is 0. The Labute approximate surface area is 112 Å². The summed E-state index contributed by atoms with van der Waals surface area (Å²) in [6, 6.07) is 3.26. The van der Waals surface area contributed by atoms with E-state index in [0.29, 0.717) is 12.2 Å². The fourth-order valence-corrected chi connectivity index (χ4v) is 1.52. The topological polar surface area (TPSA) is 105 Å². The number of aryl methyl sites for hydroxylation is 1. The number of nitrogens with two attached hydrogens (primary N) is 1. The molecule has 6 heteroatoms. The molecule has 0 saturated carbocycles. The fraction of sp³-hybridized carbons (Fsp3) is 0.462. The number of nitrogens with zero attached hydrogens (tertiary/aromatic N) is 1. The average molecular weight is 265 g/mol. The predicted molar refractivity (Wildman–Crippen MR) is 72.0 cm³/mol. The van der Waals surface area contributed by atoms with Crippen molar-refractivity contribution in [3.63, 3.8) is 0 Å². The minimum Gasteiger partial charge on any atom is -0.481 e. The molecule has 0 spiro atoms. The smallest absolute Gasteiger partial charge is 0.311 e. The third-order valence-corrected chi connectivity index (χ3v) is 3.24. The highest BCUT2D eigenvalue weighted by Gasteiger charge is 2.31. The SMILES string of the molecule is CCC(C)(CNc1nc(C)ccc1C(N)=O)C(=O)O. The van der Waals surface area contributed by atoms with Gasteiger partial charge in [-0.1, -0.05) is 6.92 Å². The van der Waals surface area contributed by atoms with Gasteiger partial charge in [-0.3, -0.25) is 9.59 Å². The minimum atomic E-state index is -0.916. The van der Waals surface area contributed by atoms with Gasteiger partial charge in [-0.15, -0.1) is 0 Å². The molecule has 0 bridgehead atoms. The third kappa shape index (κ3) is 3.43. The van der Waals surface area contributed by atoms with E-state index in [4.69, 9.17) is 5.73 Å². The van der Waals surface area contributed by atoms with Gasteiger partial charge in [0.25, 0.3) is 5.91 Å². The lowest BCUT2D eigenvalue weighted by atomic mass is 9.87. The van der Waals surface area contributed by atoms with Gasteiger partial charge >= 0.3 is 5.97 Å². The summed E-state index contributed by atoms with van der Waals surface area (Å²) in [5.74, 6) is -1.16. The molecule has 1 rings (SSSR count). The van der Waals surface area contributed by atoms with Crippen LogP contribution in [0, 0.1) is 12.3 Å². The summed E-state index contributed by atoms with van der Waals surface area (Å²) in [5.41, 5.74) is 5.33. The van der Waals surface area contributed by atoms with E-state index in [1.165, 1.54) is 0 Å². The van der Waals surface area contributed by atoms with Crippen LogP contribution < -0.4 is 11.1 Å². The van der Waals surface area contributed by atoms with Crippen molar-refractivity contribution in [1.82, 2.24) is 4.98 Å². The van der Waals surface area contributed by atoms with Crippen LogP contribution in [0.15, 0.2) is 12.1 Å². The molecular formula is C13H19N3O3. The van der Waals surface area contributed by atoms with Crippen molar-refractivity contribution >= 4 is 17.7 Å². The molecule has 19 heavy (non-hydrogen) atoms. The maximum Gasteiger partial charge on any atom is 0.311 e. The van der Waals surface area contributed by atoms with Crippen LogP contribution in [0.4, 0.5) is 5.82 Å². The van der Waals surface area contributed by atoms with Gasteiger partial charge in [-0.2, -0.15) is 0 Å². The molecule has 0 radical (unpaired) electrons. The molecule has 1 aromatic heterocycles. The summed E-state index contributed by atoms with van der Waals surface area (Å²) in [6.45, 7) is 5.40. The first-order valence-corrected chi connectivity index (χ1v) is 6.05. The van der Waals surface area contributed by atoms with E-state index in [9.17, 15) is 14.7 Å². The molecule has 0 saturated heterocycles. The molecule has 1 aromatic rings. The highest BCUT2D eigenvalue weighted by Crippen LogP contribution is 2.23. The van der Waals surface area contributed by atoms with Gasteiger partial charge in [-0.05, 0) is 32.4 Å². The quantitative estimate of drug-likeness (QED) is 0.721. The van der Waals surface area contributed by atoms with E-state index in [1.54, 1.807) is 32.9 Å². The highest BCUT2D eigenvalue weighted by molar-refractivity contribution is 5.97. The number of nitrogens with one attached hydrogen (secondary N) is 1. The van der Waals surface area contributed by atoms with Gasteiger partial charge in [0.2, 0.25) is 0 Å². The number of hydrogen-bond acceptors (Lipinski definition) is 4. The Morgan fingerprint density at radius 1 is 1.47 bits per heavy atom. The number of primary amides is 1. The van der Waals surface area contributed by atoms with Crippen molar-refractivity contribution in [2.24, 2.45) is 11.1 Å². The molecule has 1 heterocycles. The van der Waals surface area contributed by atoms with Crippen molar-refractivity contribution in [3.8, 4) is 0 Å². The van der Waals surface area contributed by atoms with Gasteiger partial charge in [-0.25, -0.2) is 4.98 Å². The second-order valence-electron chi connectivity index (χ2n) is 4.79. The zero-order valence-electron chi connectivity index (χ0n) is 11.4. The first-order valence-electron chi connectivity index (χ1n) is 6.05. The Kier molecular flexibility index (Phi) is 4.47. The average Bonchev–Trinajstić information content (AvgIpc) is 2.35. The molecule has 1 unspecified atom stereocenters. The Bertz CT molecular complexity index is 502. The molecule has 4 N–H and O–H groups in total. The van der Waals surface area contributed by atoms with E-state index in [0.717, 1.165) is 5.69 Å². The molecule has 6 nitrogen and oxygen atoms in total. The summed E-state index contributed by atoms with van der Waals surface area (Å²) >= 11 is 0. The minimum absolute atomic E-state index is 0.176. The molecule has 104 valence electrons. The number of rotatable bonds is 6. The zero-order chi connectivity index (χ0) is 14.6. The normalized spacial score (nSPS) is 13.6. The summed E-state index contributed by atoms with van der Waals surface area (Å²) in [5, 5.41) is 12.1. The van der Waals surface area contributed by atoms with Gasteiger partial charge in [0, 0.05) is 12.2 Å². The van der Waals surface area contributed by atoms with E-state index >= 15 is 0 Å². The van der Waals surface area contributed by atoms with Crippen LogP contribution >= 0.6 is 0 Å². The summed E-state index contributed by atoms with van der Waals surface area (Å²) in [4.78, 5) is 26.7. The lowest BCUT2D eigenvalue weighted by molar-refractivity contribution is -0.147. The van der Waals surface area contributed by atoms with E-state index < -0.39 is 17.3 Å². The monoisotopic (exact) mass is 265 g/mol. The van der Waals surface area contributed by atoms with E-state index in [2.05, 4.69) is 10.3 Å². The second kappa shape index (κ2) is 5.69. The van der Waals surface area contributed by atoms with Crippen LogP contribution in [0.3, 0.4) is 0 Å². The van der Waals surface area contributed by atoms with Crippen molar-refractivity contribution < 1.29 is 14.7 Å². The van der Waals surface area contributed by atoms with Gasteiger partial charge in [0.1, 0.15) is 5.82 Å². The molecule has 0 aliphatic carbocycles.